The molecule has 0 aliphatic carbocycles. The average Bonchev–Trinajstić information content (AvgIpc) is 2.30. The van der Waals surface area contributed by atoms with Gasteiger partial charge in [0.25, 0.3) is 5.91 Å². The van der Waals surface area contributed by atoms with E-state index in [0.717, 1.165) is 0 Å². The maximum atomic E-state index is 11.5. The molecule has 1 amide bonds. The van der Waals surface area contributed by atoms with E-state index < -0.39 is 0 Å². The Morgan fingerprint density at radius 2 is 2.15 bits per heavy atom. The molecule has 1 aromatic rings. The third-order valence-electron chi connectivity index (χ3n) is 1.46. The first-order valence-electron chi connectivity index (χ1n) is 4.09. The number of aromatic amines is 1. The lowest BCUT2D eigenvalue weighted by Gasteiger charge is -2.19. The lowest BCUT2D eigenvalue weighted by atomic mass is 10.1. The fraction of sp³-hybridized carbons (Fsp3) is 0.444. The summed E-state index contributed by atoms with van der Waals surface area (Å²) in [6.45, 7) is 5.65. The fourth-order valence-electron chi connectivity index (χ4n) is 0.952. The van der Waals surface area contributed by atoms with E-state index in [1.54, 1.807) is 0 Å². The van der Waals surface area contributed by atoms with Crippen molar-refractivity contribution in [1.29, 1.82) is 0 Å². The summed E-state index contributed by atoms with van der Waals surface area (Å²) in [5.74, 6) is -0.368. The van der Waals surface area contributed by atoms with E-state index in [9.17, 15) is 9.90 Å². The van der Waals surface area contributed by atoms with Gasteiger partial charge in [-0.05, 0) is 26.8 Å². The molecule has 0 aliphatic heterocycles. The van der Waals surface area contributed by atoms with E-state index in [-0.39, 0.29) is 22.9 Å². The number of rotatable bonds is 1. The third kappa shape index (κ3) is 2.50. The second-order valence-electron chi connectivity index (χ2n) is 3.94. The summed E-state index contributed by atoms with van der Waals surface area (Å²) < 4.78 is 0. The molecule has 72 valence electrons. The minimum atomic E-state index is -0.291. The number of H-pyrrole nitrogens is 1. The molecule has 1 heterocycles. The number of hydrogen-bond acceptors (Lipinski definition) is 2. The summed E-state index contributed by atoms with van der Waals surface area (Å²) in [6.07, 6.45) is 1.52. The van der Waals surface area contributed by atoms with E-state index in [4.69, 9.17) is 0 Å². The van der Waals surface area contributed by atoms with Gasteiger partial charge in [-0.25, -0.2) is 0 Å². The molecule has 0 aliphatic rings. The number of nitrogens with one attached hydrogen (secondary N) is 2. The van der Waals surface area contributed by atoms with Gasteiger partial charge in [-0.2, -0.15) is 0 Å². The molecular weight excluding hydrogens is 168 g/mol. The smallest absolute Gasteiger partial charge is 0.257 e. The fourth-order valence-corrected chi connectivity index (χ4v) is 0.952. The molecule has 13 heavy (non-hydrogen) atoms. The monoisotopic (exact) mass is 182 g/mol. The molecule has 0 atom stereocenters. The first-order valence-corrected chi connectivity index (χ1v) is 4.09. The van der Waals surface area contributed by atoms with Crippen molar-refractivity contribution in [1.82, 2.24) is 10.3 Å². The predicted molar refractivity (Wildman–Crippen MR) is 49.7 cm³/mol. The van der Waals surface area contributed by atoms with Crippen LogP contribution in [-0.4, -0.2) is 21.5 Å². The van der Waals surface area contributed by atoms with E-state index in [1.807, 2.05) is 20.8 Å². The van der Waals surface area contributed by atoms with Crippen molar-refractivity contribution in [3.63, 3.8) is 0 Å². The normalized spacial score (nSPS) is 11.3. The van der Waals surface area contributed by atoms with Crippen molar-refractivity contribution in [2.45, 2.75) is 26.3 Å². The first-order chi connectivity index (χ1) is 5.90. The van der Waals surface area contributed by atoms with Crippen LogP contribution in [0.1, 0.15) is 31.1 Å². The SMILES string of the molecule is CC(C)(C)NC(=O)c1cc[nH]c1O. The molecule has 0 saturated carbocycles. The quantitative estimate of drug-likeness (QED) is 0.612. The summed E-state index contributed by atoms with van der Waals surface area (Å²) in [5, 5.41) is 11.9. The van der Waals surface area contributed by atoms with Crippen LogP contribution in [-0.2, 0) is 0 Å². The highest BCUT2D eigenvalue weighted by molar-refractivity contribution is 5.96. The minimum Gasteiger partial charge on any atom is -0.494 e. The van der Waals surface area contributed by atoms with Crippen LogP contribution >= 0.6 is 0 Å². The minimum absolute atomic E-state index is 0.0956. The average molecular weight is 182 g/mol. The van der Waals surface area contributed by atoms with E-state index >= 15 is 0 Å². The second-order valence-corrected chi connectivity index (χ2v) is 3.94. The number of carbonyl (C=O) groups is 1. The topological polar surface area (TPSA) is 65.1 Å². The maximum absolute atomic E-state index is 11.5. The molecule has 4 nitrogen and oxygen atoms in total. The first kappa shape index (κ1) is 9.64. The zero-order valence-corrected chi connectivity index (χ0v) is 8.01. The van der Waals surface area contributed by atoms with Crippen LogP contribution in [0.2, 0.25) is 0 Å². The Morgan fingerprint density at radius 3 is 2.54 bits per heavy atom. The Labute approximate surface area is 77.0 Å². The molecule has 0 fully saturated rings. The van der Waals surface area contributed by atoms with Crippen LogP contribution in [0.3, 0.4) is 0 Å². The Kier molecular flexibility index (Phi) is 2.32. The van der Waals surface area contributed by atoms with Gasteiger partial charge in [-0.3, -0.25) is 4.79 Å². The Hall–Kier alpha value is -1.45. The zero-order valence-electron chi connectivity index (χ0n) is 8.01. The Bertz CT molecular complexity index is 310. The van der Waals surface area contributed by atoms with Crippen molar-refractivity contribution < 1.29 is 9.90 Å². The molecule has 0 unspecified atom stereocenters. The third-order valence-corrected chi connectivity index (χ3v) is 1.46. The summed E-state index contributed by atoms with van der Waals surface area (Å²) >= 11 is 0. The van der Waals surface area contributed by atoms with Gasteiger partial charge >= 0.3 is 0 Å². The number of aromatic nitrogens is 1. The van der Waals surface area contributed by atoms with Crippen LogP contribution in [0.4, 0.5) is 0 Å². The number of carbonyl (C=O) groups excluding carboxylic acids is 1. The van der Waals surface area contributed by atoms with Gasteiger partial charge in [-0.1, -0.05) is 0 Å². The molecule has 0 bridgehead atoms. The number of aromatic hydroxyl groups is 1. The Balaban J connectivity index is 2.76. The second kappa shape index (κ2) is 3.12. The van der Waals surface area contributed by atoms with Gasteiger partial charge in [0, 0.05) is 11.7 Å². The number of amides is 1. The summed E-state index contributed by atoms with van der Waals surface area (Å²) in [6, 6.07) is 1.54. The molecule has 0 radical (unpaired) electrons. The molecule has 4 heteroatoms. The largest absolute Gasteiger partial charge is 0.494 e. The molecule has 0 spiro atoms. The van der Waals surface area contributed by atoms with Crippen LogP contribution in [0.5, 0.6) is 5.88 Å². The highest BCUT2D eigenvalue weighted by Gasteiger charge is 2.18. The van der Waals surface area contributed by atoms with Crippen molar-refractivity contribution in [2.75, 3.05) is 0 Å². The summed E-state index contributed by atoms with van der Waals surface area (Å²) in [4.78, 5) is 14.0. The molecule has 0 aromatic carbocycles. The molecule has 3 N–H and O–H groups in total. The van der Waals surface area contributed by atoms with Gasteiger partial charge in [0.1, 0.15) is 5.56 Å². The van der Waals surface area contributed by atoms with E-state index in [1.165, 1.54) is 12.3 Å². The van der Waals surface area contributed by atoms with E-state index in [2.05, 4.69) is 10.3 Å². The lowest BCUT2D eigenvalue weighted by Crippen LogP contribution is -2.40. The van der Waals surface area contributed by atoms with E-state index in [0.29, 0.717) is 0 Å². The van der Waals surface area contributed by atoms with Crippen molar-refractivity contribution in [3.05, 3.63) is 17.8 Å². The lowest BCUT2D eigenvalue weighted by molar-refractivity contribution is 0.0917. The highest BCUT2D eigenvalue weighted by Crippen LogP contribution is 2.14. The van der Waals surface area contributed by atoms with Gasteiger partial charge in [0.15, 0.2) is 0 Å². The maximum Gasteiger partial charge on any atom is 0.257 e. The summed E-state index contributed by atoms with van der Waals surface area (Å²) in [5.41, 5.74) is -0.0178. The standard InChI is InChI=1S/C9H14N2O2/c1-9(2,3)11-8(13)6-4-5-10-7(6)12/h4-5,10,12H,1-3H3,(H,11,13). The van der Waals surface area contributed by atoms with Crippen molar-refractivity contribution in [3.8, 4) is 5.88 Å². The van der Waals surface area contributed by atoms with Crippen molar-refractivity contribution in [2.24, 2.45) is 0 Å². The predicted octanol–water partition coefficient (Wildman–Crippen LogP) is 1.25. The zero-order chi connectivity index (χ0) is 10.1. The van der Waals surface area contributed by atoms with Crippen LogP contribution in [0.15, 0.2) is 12.3 Å². The molecule has 1 rings (SSSR count). The molecule has 1 aromatic heterocycles. The van der Waals surface area contributed by atoms with Gasteiger partial charge in [0.05, 0.1) is 0 Å². The highest BCUT2D eigenvalue weighted by atomic mass is 16.3. The van der Waals surface area contributed by atoms with Crippen LogP contribution in [0.25, 0.3) is 0 Å². The number of hydrogen-bond donors (Lipinski definition) is 3. The van der Waals surface area contributed by atoms with Crippen molar-refractivity contribution >= 4 is 5.91 Å². The Morgan fingerprint density at radius 1 is 1.54 bits per heavy atom. The molecule has 0 saturated heterocycles. The van der Waals surface area contributed by atoms with Crippen LogP contribution < -0.4 is 5.32 Å². The van der Waals surface area contributed by atoms with Crippen LogP contribution in [0, 0.1) is 0 Å². The molecular formula is C9H14N2O2. The van der Waals surface area contributed by atoms with Gasteiger partial charge < -0.3 is 15.4 Å². The van der Waals surface area contributed by atoms with Gasteiger partial charge in [0.2, 0.25) is 5.88 Å². The van der Waals surface area contributed by atoms with Gasteiger partial charge in [-0.15, -0.1) is 0 Å². The summed E-state index contributed by atoms with van der Waals surface area (Å²) in [7, 11) is 0.